The van der Waals surface area contributed by atoms with Crippen LogP contribution in [0.3, 0.4) is 0 Å². The number of ether oxygens (including phenoxy) is 1. The molecular formula is C24H25N5O2S. The number of benzene rings is 2. The summed E-state index contributed by atoms with van der Waals surface area (Å²) in [7, 11) is 1.65. The number of methoxy groups -OCH3 is 1. The Kier molecular flexibility index (Phi) is 6.91. The molecule has 0 bridgehead atoms. The molecule has 7 nitrogen and oxygen atoms in total. The highest BCUT2D eigenvalue weighted by molar-refractivity contribution is 7.99. The zero-order chi connectivity index (χ0) is 22.3. The van der Waals surface area contributed by atoms with Crippen LogP contribution in [-0.4, -0.2) is 38.3 Å². The Morgan fingerprint density at radius 3 is 2.38 bits per heavy atom. The first-order valence-corrected chi connectivity index (χ1v) is 11.3. The summed E-state index contributed by atoms with van der Waals surface area (Å²) in [5.41, 5.74) is 3.37. The molecule has 0 atom stereocenters. The largest absolute Gasteiger partial charge is 0.497 e. The molecule has 2 aromatic carbocycles. The summed E-state index contributed by atoms with van der Waals surface area (Å²) in [6, 6.07) is 19.9. The van der Waals surface area contributed by atoms with E-state index in [1.165, 1.54) is 17.3 Å². The van der Waals surface area contributed by atoms with Crippen LogP contribution in [0.2, 0.25) is 0 Å². The van der Waals surface area contributed by atoms with Crippen LogP contribution in [0.15, 0.2) is 78.2 Å². The number of nitrogens with zero attached hydrogens (tertiary/aromatic N) is 4. The van der Waals surface area contributed by atoms with Gasteiger partial charge >= 0.3 is 0 Å². The molecule has 164 valence electrons. The lowest BCUT2D eigenvalue weighted by Crippen LogP contribution is -2.25. The normalized spacial score (nSPS) is 10.8. The summed E-state index contributed by atoms with van der Waals surface area (Å²) in [6.45, 7) is 2.55. The van der Waals surface area contributed by atoms with E-state index in [9.17, 15) is 4.79 Å². The van der Waals surface area contributed by atoms with Gasteiger partial charge in [-0.2, -0.15) is 0 Å². The lowest BCUT2D eigenvalue weighted by Gasteiger charge is -2.11. The van der Waals surface area contributed by atoms with Gasteiger partial charge < -0.3 is 10.1 Å². The second-order valence-corrected chi connectivity index (χ2v) is 8.29. The smallest absolute Gasteiger partial charge is 0.230 e. The van der Waals surface area contributed by atoms with Gasteiger partial charge in [-0.25, -0.2) is 4.68 Å². The van der Waals surface area contributed by atoms with Crippen molar-refractivity contribution in [2.24, 2.45) is 0 Å². The van der Waals surface area contributed by atoms with Crippen molar-refractivity contribution in [3.63, 3.8) is 0 Å². The highest BCUT2D eigenvalue weighted by Crippen LogP contribution is 2.20. The van der Waals surface area contributed by atoms with Crippen molar-refractivity contribution in [3.05, 3.63) is 95.6 Å². The molecule has 0 radical (unpaired) electrons. The predicted molar refractivity (Wildman–Crippen MR) is 125 cm³/mol. The highest BCUT2D eigenvalue weighted by atomic mass is 32.2. The van der Waals surface area contributed by atoms with Crippen LogP contribution in [0.1, 0.15) is 22.5 Å². The zero-order valence-electron chi connectivity index (χ0n) is 18.1. The molecule has 0 aliphatic heterocycles. The molecule has 4 rings (SSSR count). The maximum absolute atomic E-state index is 12.4. The summed E-state index contributed by atoms with van der Waals surface area (Å²) in [5, 5.41) is 12.4. The zero-order valence-corrected chi connectivity index (χ0v) is 18.9. The number of amides is 1. The molecule has 0 spiro atoms. The van der Waals surface area contributed by atoms with E-state index >= 15 is 0 Å². The molecule has 32 heavy (non-hydrogen) atoms. The van der Waals surface area contributed by atoms with E-state index < -0.39 is 0 Å². The molecule has 8 heteroatoms. The van der Waals surface area contributed by atoms with E-state index in [4.69, 9.17) is 4.74 Å². The van der Waals surface area contributed by atoms with E-state index in [1.807, 2.05) is 89.3 Å². The molecule has 1 amide bonds. The Balaban J connectivity index is 1.43. The van der Waals surface area contributed by atoms with Crippen LogP contribution >= 0.6 is 11.8 Å². The fourth-order valence-corrected chi connectivity index (χ4v) is 3.98. The molecule has 0 aliphatic carbocycles. The second-order valence-electron chi connectivity index (χ2n) is 7.35. The molecule has 4 aromatic rings. The molecule has 0 fully saturated rings. The van der Waals surface area contributed by atoms with Crippen LogP contribution in [0.4, 0.5) is 0 Å². The topological polar surface area (TPSA) is 74.0 Å². The van der Waals surface area contributed by atoms with E-state index in [0.717, 1.165) is 22.7 Å². The number of carbonyl (C=O) groups is 1. The van der Waals surface area contributed by atoms with Crippen molar-refractivity contribution in [2.45, 2.75) is 25.0 Å². The monoisotopic (exact) mass is 447 g/mol. The molecule has 2 aromatic heterocycles. The van der Waals surface area contributed by atoms with Crippen LogP contribution in [0.5, 0.6) is 5.75 Å². The first-order chi connectivity index (χ1) is 15.6. The van der Waals surface area contributed by atoms with Gasteiger partial charge in [0.1, 0.15) is 5.75 Å². The number of carbonyl (C=O) groups excluding carboxylic acids is 1. The summed E-state index contributed by atoms with van der Waals surface area (Å²) < 4.78 is 9.09. The van der Waals surface area contributed by atoms with Gasteiger partial charge in [-0.1, -0.05) is 53.7 Å². The fraction of sp³-hybridized carbons (Fsp3) is 0.208. The van der Waals surface area contributed by atoms with Gasteiger partial charge in [0.2, 0.25) is 11.1 Å². The minimum atomic E-state index is -0.0469. The third-order valence-corrected chi connectivity index (χ3v) is 5.88. The molecule has 0 unspecified atom stereocenters. The number of aryl methyl sites for hydroxylation is 1. The third-order valence-electron chi connectivity index (χ3n) is 4.96. The first kappa shape index (κ1) is 21.7. The average Bonchev–Trinajstić information content (AvgIpc) is 3.47. The molecular weight excluding hydrogens is 422 g/mol. The van der Waals surface area contributed by atoms with Gasteiger partial charge in [0.05, 0.1) is 12.9 Å². The Morgan fingerprint density at radius 2 is 1.69 bits per heavy atom. The maximum Gasteiger partial charge on any atom is 0.230 e. The molecule has 0 saturated heterocycles. The summed E-state index contributed by atoms with van der Waals surface area (Å²) in [6.07, 6.45) is 4.47. The van der Waals surface area contributed by atoms with Gasteiger partial charge in [-0.05, 0) is 42.3 Å². The van der Waals surface area contributed by atoms with Crippen molar-refractivity contribution >= 4 is 17.7 Å². The van der Waals surface area contributed by atoms with Crippen molar-refractivity contribution in [1.29, 1.82) is 0 Å². The van der Waals surface area contributed by atoms with E-state index in [2.05, 4.69) is 15.5 Å². The van der Waals surface area contributed by atoms with Gasteiger partial charge in [0.25, 0.3) is 0 Å². The number of thioether (sulfide) groups is 1. The molecule has 0 saturated carbocycles. The number of rotatable bonds is 9. The maximum atomic E-state index is 12.4. The third kappa shape index (κ3) is 5.39. The molecule has 2 heterocycles. The SMILES string of the molecule is COc1ccc(Cc2nnc(SCC(=O)NCc3ccc(C)cc3)n2-n2cccc2)cc1. The van der Waals surface area contributed by atoms with E-state index in [-0.39, 0.29) is 11.7 Å². The quantitative estimate of drug-likeness (QED) is 0.396. The van der Waals surface area contributed by atoms with Crippen LogP contribution < -0.4 is 10.1 Å². The fourth-order valence-electron chi connectivity index (χ4n) is 3.20. The van der Waals surface area contributed by atoms with Gasteiger partial charge in [-0.15, -0.1) is 10.2 Å². The highest BCUT2D eigenvalue weighted by Gasteiger charge is 2.16. The van der Waals surface area contributed by atoms with Crippen LogP contribution in [0.25, 0.3) is 0 Å². The Hall–Kier alpha value is -3.52. The van der Waals surface area contributed by atoms with Gasteiger partial charge in [0, 0.05) is 25.4 Å². The van der Waals surface area contributed by atoms with Crippen molar-refractivity contribution in [3.8, 4) is 5.75 Å². The van der Waals surface area contributed by atoms with Crippen LogP contribution in [-0.2, 0) is 17.8 Å². The lowest BCUT2D eigenvalue weighted by molar-refractivity contribution is -0.118. The Morgan fingerprint density at radius 1 is 1.00 bits per heavy atom. The minimum absolute atomic E-state index is 0.0469. The predicted octanol–water partition coefficient (Wildman–Crippen LogP) is 3.71. The first-order valence-electron chi connectivity index (χ1n) is 10.3. The van der Waals surface area contributed by atoms with E-state index in [0.29, 0.717) is 18.1 Å². The second kappa shape index (κ2) is 10.2. The van der Waals surface area contributed by atoms with Crippen molar-refractivity contribution in [2.75, 3.05) is 12.9 Å². The van der Waals surface area contributed by atoms with Gasteiger partial charge in [0.15, 0.2) is 5.82 Å². The van der Waals surface area contributed by atoms with E-state index in [1.54, 1.807) is 7.11 Å². The summed E-state index contributed by atoms with van der Waals surface area (Å²) >= 11 is 1.36. The lowest BCUT2D eigenvalue weighted by atomic mass is 10.1. The number of hydrogen-bond acceptors (Lipinski definition) is 5. The summed E-state index contributed by atoms with van der Waals surface area (Å²) in [4.78, 5) is 12.4. The Labute approximate surface area is 191 Å². The molecule has 0 aliphatic rings. The number of nitrogens with one attached hydrogen (secondary N) is 1. The van der Waals surface area contributed by atoms with Crippen molar-refractivity contribution in [1.82, 2.24) is 24.9 Å². The van der Waals surface area contributed by atoms with Crippen LogP contribution in [0, 0.1) is 6.92 Å². The minimum Gasteiger partial charge on any atom is -0.497 e. The average molecular weight is 448 g/mol. The molecule has 1 N–H and O–H groups in total. The summed E-state index contributed by atoms with van der Waals surface area (Å²) in [5.74, 6) is 1.81. The Bertz CT molecular complexity index is 1150. The standard InChI is InChI=1S/C24H25N5O2S/c1-18-5-7-20(8-6-18)16-25-23(30)17-32-24-27-26-22(29(24)28-13-3-4-14-28)15-19-9-11-21(31-2)12-10-19/h3-14H,15-17H2,1-2H3,(H,25,30). The number of hydrogen-bond donors (Lipinski definition) is 1. The number of aromatic nitrogens is 4. The van der Waals surface area contributed by atoms with Crippen molar-refractivity contribution < 1.29 is 9.53 Å². The van der Waals surface area contributed by atoms with Gasteiger partial charge in [-0.3, -0.25) is 9.47 Å².